The molecule has 0 amide bonds. The molecule has 1 unspecified atom stereocenters. The van der Waals surface area contributed by atoms with Crippen molar-refractivity contribution in [3.05, 3.63) is 30.1 Å². The zero-order valence-corrected chi connectivity index (χ0v) is 9.29. The van der Waals surface area contributed by atoms with Crippen LogP contribution in [0.3, 0.4) is 0 Å². The number of aliphatic carboxylic acids is 1. The molecule has 1 rings (SSSR count). The van der Waals surface area contributed by atoms with Crippen LogP contribution in [0.15, 0.2) is 24.5 Å². The van der Waals surface area contributed by atoms with E-state index in [0.717, 1.165) is 12.7 Å². The van der Waals surface area contributed by atoms with Crippen LogP contribution in [0.2, 0.25) is 0 Å². The molecule has 0 aliphatic rings. The van der Waals surface area contributed by atoms with Gasteiger partial charge in [0.15, 0.2) is 0 Å². The standard InChI is InChI=1S/C11H13NO5/c1-17-10(15)11(16,9(13)14)5-2-8-3-6-12-7-4-8/h3-4,6-7,16H,2,5H2,1H3,(H,13,14). The number of rotatable bonds is 5. The molecular weight excluding hydrogens is 226 g/mol. The van der Waals surface area contributed by atoms with Crippen LogP contribution < -0.4 is 0 Å². The van der Waals surface area contributed by atoms with E-state index in [9.17, 15) is 14.7 Å². The van der Waals surface area contributed by atoms with Gasteiger partial charge in [0, 0.05) is 18.8 Å². The topological polar surface area (TPSA) is 96.7 Å². The first-order valence-corrected chi connectivity index (χ1v) is 4.94. The van der Waals surface area contributed by atoms with Gasteiger partial charge in [-0.25, -0.2) is 9.59 Å². The van der Waals surface area contributed by atoms with Crippen LogP contribution in [0.4, 0.5) is 0 Å². The van der Waals surface area contributed by atoms with Crippen molar-refractivity contribution in [3.8, 4) is 0 Å². The number of nitrogens with zero attached hydrogens (tertiary/aromatic N) is 1. The summed E-state index contributed by atoms with van der Waals surface area (Å²) in [7, 11) is 1.03. The Labute approximate surface area is 97.9 Å². The van der Waals surface area contributed by atoms with E-state index in [0.29, 0.717) is 0 Å². The number of hydrogen-bond acceptors (Lipinski definition) is 5. The highest BCUT2D eigenvalue weighted by Crippen LogP contribution is 2.16. The quantitative estimate of drug-likeness (QED) is 0.554. The smallest absolute Gasteiger partial charge is 0.349 e. The first-order chi connectivity index (χ1) is 8.00. The largest absolute Gasteiger partial charge is 0.479 e. The molecule has 1 heterocycles. The van der Waals surface area contributed by atoms with Crippen LogP contribution in [-0.2, 0) is 20.7 Å². The number of pyridine rings is 1. The average Bonchev–Trinajstić information content (AvgIpc) is 2.35. The molecule has 1 aromatic heterocycles. The van der Waals surface area contributed by atoms with E-state index < -0.39 is 17.5 Å². The number of carbonyl (C=O) groups is 2. The van der Waals surface area contributed by atoms with Gasteiger partial charge in [0.05, 0.1) is 7.11 Å². The van der Waals surface area contributed by atoms with Crippen molar-refractivity contribution in [3.63, 3.8) is 0 Å². The molecule has 0 aliphatic heterocycles. The monoisotopic (exact) mass is 239 g/mol. The van der Waals surface area contributed by atoms with Gasteiger partial charge in [-0.3, -0.25) is 4.98 Å². The van der Waals surface area contributed by atoms with Gasteiger partial charge in [-0.1, -0.05) is 0 Å². The lowest BCUT2D eigenvalue weighted by Crippen LogP contribution is -2.47. The van der Waals surface area contributed by atoms with Crippen molar-refractivity contribution < 1.29 is 24.5 Å². The predicted octanol–water partition coefficient (Wildman–Crippen LogP) is 0.00290. The van der Waals surface area contributed by atoms with E-state index in [4.69, 9.17) is 5.11 Å². The molecule has 0 aliphatic carbocycles. The second kappa shape index (κ2) is 5.40. The lowest BCUT2D eigenvalue weighted by molar-refractivity contribution is -0.178. The minimum absolute atomic E-state index is 0.237. The van der Waals surface area contributed by atoms with Crippen molar-refractivity contribution in [1.82, 2.24) is 4.98 Å². The number of methoxy groups -OCH3 is 1. The maximum atomic E-state index is 11.2. The summed E-state index contributed by atoms with van der Waals surface area (Å²) in [5.41, 5.74) is -1.72. The van der Waals surface area contributed by atoms with Gasteiger partial charge in [-0.05, 0) is 24.1 Å². The van der Waals surface area contributed by atoms with Crippen molar-refractivity contribution >= 4 is 11.9 Å². The summed E-state index contributed by atoms with van der Waals surface area (Å²) in [5, 5.41) is 18.6. The fourth-order valence-corrected chi connectivity index (χ4v) is 1.34. The second-order valence-electron chi connectivity index (χ2n) is 3.51. The lowest BCUT2D eigenvalue weighted by Gasteiger charge is -2.20. The van der Waals surface area contributed by atoms with Gasteiger partial charge in [0.1, 0.15) is 0 Å². The molecule has 0 saturated heterocycles. The molecule has 0 fully saturated rings. The highest BCUT2D eigenvalue weighted by Gasteiger charge is 2.45. The van der Waals surface area contributed by atoms with E-state index in [-0.39, 0.29) is 12.8 Å². The number of aryl methyl sites for hydroxylation is 1. The molecule has 0 aromatic carbocycles. The number of carboxylic acids is 1. The fraction of sp³-hybridized carbons (Fsp3) is 0.364. The first kappa shape index (κ1) is 13.1. The number of hydrogen-bond donors (Lipinski definition) is 2. The number of carboxylic acid groups (broad SMARTS) is 1. The summed E-state index contributed by atoms with van der Waals surface area (Å²) in [4.78, 5) is 25.9. The van der Waals surface area contributed by atoms with E-state index in [2.05, 4.69) is 9.72 Å². The van der Waals surface area contributed by atoms with Gasteiger partial charge >= 0.3 is 11.9 Å². The first-order valence-electron chi connectivity index (χ1n) is 4.94. The zero-order chi connectivity index (χ0) is 12.9. The summed E-state index contributed by atoms with van der Waals surface area (Å²) >= 11 is 0. The molecular formula is C11H13NO5. The van der Waals surface area contributed by atoms with Crippen LogP contribution in [0.5, 0.6) is 0 Å². The second-order valence-corrected chi connectivity index (χ2v) is 3.51. The number of aromatic nitrogens is 1. The molecule has 6 heteroatoms. The van der Waals surface area contributed by atoms with E-state index >= 15 is 0 Å². The Morgan fingerprint density at radius 2 is 2.00 bits per heavy atom. The summed E-state index contributed by atoms with van der Waals surface area (Å²) < 4.78 is 4.28. The summed E-state index contributed by atoms with van der Waals surface area (Å²) in [6, 6.07) is 3.36. The molecule has 0 spiro atoms. The van der Waals surface area contributed by atoms with Crippen molar-refractivity contribution in [2.24, 2.45) is 0 Å². The Kier molecular flexibility index (Phi) is 4.17. The average molecular weight is 239 g/mol. The van der Waals surface area contributed by atoms with Crippen LogP contribution in [-0.4, -0.2) is 39.8 Å². The van der Waals surface area contributed by atoms with Crippen LogP contribution in [0.1, 0.15) is 12.0 Å². The minimum atomic E-state index is -2.50. The van der Waals surface area contributed by atoms with Gasteiger partial charge in [-0.2, -0.15) is 0 Å². The Balaban J connectivity index is 2.76. The fourth-order valence-electron chi connectivity index (χ4n) is 1.34. The van der Waals surface area contributed by atoms with E-state index in [1.807, 2.05) is 0 Å². The van der Waals surface area contributed by atoms with Gasteiger partial charge < -0.3 is 14.9 Å². The minimum Gasteiger partial charge on any atom is -0.479 e. The molecule has 0 radical (unpaired) electrons. The van der Waals surface area contributed by atoms with Crippen LogP contribution >= 0.6 is 0 Å². The third kappa shape index (κ3) is 3.01. The van der Waals surface area contributed by atoms with E-state index in [1.54, 1.807) is 24.5 Å². The summed E-state index contributed by atoms with van der Waals surface area (Å²) in [6.07, 6.45) is 3.08. The molecule has 6 nitrogen and oxygen atoms in total. The summed E-state index contributed by atoms with van der Waals surface area (Å²) in [5.74, 6) is -2.78. The van der Waals surface area contributed by atoms with E-state index in [1.165, 1.54) is 0 Å². The molecule has 2 N–H and O–H groups in total. The zero-order valence-electron chi connectivity index (χ0n) is 9.29. The highest BCUT2D eigenvalue weighted by molar-refractivity contribution is 6.02. The lowest BCUT2D eigenvalue weighted by atomic mass is 9.95. The number of esters is 1. The molecule has 0 saturated carbocycles. The molecule has 17 heavy (non-hydrogen) atoms. The van der Waals surface area contributed by atoms with Crippen LogP contribution in [0.25, 0.3) is 0 Å². The van der Waals surface area contributed by atoms with Gasteiger partial charge in [0.25, 0.3) is 5.60 Å². The van der Waals surface area contributed by atoms with Crippen molar-refractivity contribution in [2.75, 3.05) is 7.11 Å². The van der Waals surface area contributed by atoms with Gasteiger partial charge in [0.2, 0.25) is 0 Å². The van der Waals surface area contributed by atoms with Crippen molar-refractivity contribution in [2.45, 2.75) is 18.4 Å². The maximum absolute atomic E-state index is 11.2. The highest BCUT2D eigenvalue weighted by atomic mass is 16.5. The molecule has 1 aromatic rings. The Bertz CT molecular complexity index is 406. The summed E-state index contributed by atoms with van der Waals surface area (Å²) in [6.45, 7) is 0. The number of carbonyl (C=O) groups excluding carboxylic acids is 1. The SMILES string of the molecule is COC(=O)C(O)(CCc1ccncc1)C(=O)O. The third-order valence-corrected chi connectivity index (χ3v) is 2.40. The van der Waals surface area contributed by atoms with Crippen LogP contribution in [0, 0.1) is 0 Å². The normalized spacial score (nSPS) is 13.8. The third-order valence-electron chi connectivity index (χ3n) is 2.40. The molecule has 1 atom stereocenters. The van der Waals surface area contributed by atoms with Crippen molar-refractivity contribution in [1.29, 1.82) is 0 Å². The Hall–Kier alpha value is -1.95. The van der Waals surface area contributed by atoms with Gasteiger partial charge in [-0.15, -0.1) is 0 Å². The Morgan fingerprint density at radius 1 is 1.41 bits per heavy atom. The number of ether oxygens (including phenoxy) is 1. The Morgan fingerprint density at radius 3 is 2.47 bits per heavy atom. The predicted molar refractivity (Wildman–Crippen MR) is 57.2 cm³/mol. The number of aliphatic hydroxyl groups is 1. The maximum Gasteiger partial charge on any atom is 0.349 e. The molecule has 0 bridgehead atoms. The molecule has 92 valence electrons.